The van der Waals surface area contributed by atoms with E-state index in [0.29, 0.717) is 6.61 Å². The van der Waals surface area contributed by atoms with Crippen LogP contribution in [0.2, 0.25) is 0 Å². The maximum atomic E-state index is 5.50. The molecule has 1 aromatic rings. The summed E-state index contributed by atoms with van der Waals surface area (Å²) >= 11 is 0. The molecule has 0 aromatic carbocycles. The van der Waals surface area contributed by atoms with Gasteiger partial charge >= 0.3 is 0 Å². The largest absolute Gasteiger partial charge is 0.382 e. The van der Waals surface area contributed by atoms with E-state index in [-0.39, 0.29) is 6.04 Å². The molecule has 0 fully saturated rings. The van der Waals surface area contributed by atoms with Gasteiger partial charge in [0.1, 0.15) is 12.2 Å². The first-order chi connectivity index (χ1) is 7.81. The van der Waals surface area contributed by atoms with E-state index < -0.39 is 0 Å². The van der Waals surface area contributed by atoms with Gasteiger partial charge in [0.15, 0.2) is 0 Å². The molecule has 0 aliphatic heterocycles. The topological polar surface area (TPSA) is 78.0 Å². The molecule has 0 aliphatic rings. The molecule has 16 heavy (non-hydrogen) atoms. The highest BCUT2D eigenvalue weighted by atomic mass is 16.5. The molecule has 0 saturated carbocycles. The summed E-state index contributed by atoms with van der Waals surface area (Å²) in [7, 11) is 0. The van der Waals surface area contributed by atoms with Crippen molar-refractivity contribution in [2.45, 2.75) is 39.3 Å². The average molecular weight is 227 g/mol. The Kier molecular flexibility index (Phi) is 5.99. The highest BCUT2D eigenvalue weighted by Gasteiger charge is 2.11. The fraction of sp³-hybridized carbons (Fsp3) is 0.800. The average Bonchev–Trinajstić information content (AvgIpc) is 2.75. The molecule has 1 unspecified atom stereocenters. The molecule has 0 radical (unpaired) electrons. The van der Waals surface area contributed by atoms with Crippen LogP contribution in [0, 0.1) is 0 Å². The van der Waals surface area contributed by atoms with Gasteiger partial charge in [-0.05, 0) is 20.3 Å². The first-order valence-corrected chi connectivity index (χ1v) is 5.72. The molecule has 0 amide bonds. The molecule has 6 heteroatoms. The number of nitrogens with one attached hydrogen (secondary N) is 1. The van der Waals surface area contributed by atoms with Gasteiger partial charge in [-0.3, -0.25) is 16.0 Å². The molecular weight excluding hydrogens is 206 g/mol. The van der Waals surface area contributed by atoms with Crippen LogP contribution in [0.1, 0.15) is 26.1 Å². The second-order valence-corrected chi connectivity index (χ2v) is 3.55. The Balaban J connectivity index is 2.43. The fourth-order valence-corrected chi connectivity index (χ4v) is 1.54. The highest BCUT2D eigenvalue weighted by molar-refractivity contribution is 4.89. The summed E-state index contributed by atoms with van der Waals surface area (Å²) in [6, 6.07) is 0.182. The molecule has 3 N–H and O–H groups in total. The zero-order chi connectivity index (χ0) is 11.8. The zero-order valence-corrected chi connectivity index (χ0v) is 10.0. The molecule has 6 nitrogen and oxygen atoms in total. The Morgan fingerprint density at radius 1 is 1.56 bits per heavy atom. The van der Waals surface area contributed by atoms with Crippen molar-refractivity contribution in [1.82, 2.24) is 20.2 Å². The lowest BCUT2D eigenvalue weighted by Crippen LogP contribution is -2.38. The summed E-state index contributed by atoms with van der Waals surface area (Å²) < 4.78 is 7.18. The Hall–Kier alpha value is -0.980. The van der Waals surface area contributed by atoms with Crippen molar-refractivity contribution in [2.24, 2.45) is 5.84 Å². The minimum atomic E-state index is 0.182. The third-order valence-electron chi connectivity index (χ3n) is 2.47. The van der Waals surface area contributed by atoms with Gasteiger partial charge in [0, 0.05) is 32.2 Å². The van der Waals surface area contributed by atoms with Gasteiger partial charge in [-0.1, -0.05) is 0 Å². The van der Waals surface area contributed by atoms with Crippen LogP contribution in [0.25, 0.3) is 0 Å². The lowest BCUT2D eigenvalue weighted by Gasteiger charge is -2.15. The Bertz CT molecular complexity index is 288. The first-order valence-electron chi connectivity index (χ1n) is 5.72. The highest BCUT2D eigenvalue weighted by Crippen LogP contribution is 2.02. The predicted molar refractivity (Wildman–Crippen MR) is 61.6 cm³/mol. The number of hydrogen-bond donors (Lipinski definition) is 2. The number of aromatic nitrogens is 3. The fourth-order valence-electron chi connectivity index (χ4n) is 1.54. The molecule has 1 heterocycles. The van der Waals surface area contributed by atoms with Gasteiger partial charge < -0.3 is 4.74 Å². The van der Waals surface area contributed by atoms with Gasteiger partial charge in [0.05, 0.1) is 0 Å². The van der Waals surface area contributed by atoms with Crippen LogP contribution in [0.4, 0.5) is 0 Å². The van der Waals surface area contributed by atoms with Gasteiger partial charge in [-0.2, -0.15) is 5.10 Å². The van der Waals surface area contributed by atoms with E-state index in [0.717, 1.165) is 31.8 Å². The van der Waals surface area contributed by atoms with Crippen LogP contribution in [-0.4, -0.2) is 34.0 Å². The van der Waals surface area contributed by atoms with Gasteiger partial charge in [0.2, 0.25) is 0 Å². The van der Waals surface area contributed by atoms with Crippen molar-refractivity contribution in [3.8, 4) is 0 Å². The molecular formula is C10H21N5O. The summed E-state index contributed by atoms with van der Waals surface area (Å²) in [5.74, 6) is 6.46. The van der Waals surface area contributed by atoms with Gasteiger partial charge in [0.25, 0.3) is 0 Å². The SMILES string of the molecule is CCOCCC(Cc1ncnn1CC)NN. The summed E-state index contributed by atoms with van der Waals surface area (Å²) in [6.45, 7) is 6.31. The maximum Gasteiger partial charge on any atom is 0.138 e. The van der Waals surface area contributed by atoms with Crippen molar-refractivity contribution in [1.29, 1.82) is 0 Å². The van der Waals surface area contributed by atoms with E-state index in [1.807, 2.05) is 18.5 Å². The second kappa shape index (κ2) is 7.32. The number of hydrogen-bond acceptors (Lipinski definition) is 5. The van der Waals surface area contributed by atoms with Gasteiger partial charge in [-0.25, -0.2) is 4.98 Å². The Labute approximate surface area is 96.2 Å². The molecule has 92 valence electrons. The quantitative estimate of drug-likeness (QED) is 0.374. The summed E-state index contributed by atoms with van der Waals surface area (Å²) in [4.78, 5) is 4.22. The third-order valence-corrected chi connectivity index (χ3v) is 2.47. The monoisotopic (exact) mass is 227 g/mol. The summed E-state index contributed by atoms with van der Waals surface area (Å²) in [5.41, 5.74) is 2.79. The van der Waals surface area contributed by atoms with Crippen molar-refractivity contribution in [3.05, 3.63) is 12.2 Å². The summed E-state index contributed by atoms with van der Waals surface area (Å²) in [5, 5.41) is 4.12. The predicted octanol–water partition coefficient (Wildman–Crippen LogP) is 0.0990. The van der Waals surface area contributed by atoms with E-state index >= 15 is 0 Å². The Morgan fingerprint density at radius 2 is 2.38 bits per heavy atom. The van der Waals surface area contributed by atoms with Crippen LogP contribution >= 0.6 is 0 Å². The van der Waals surface area contributed by atoms with E-state index in [9.17, 15) is 0 Å². The molecule has 1 rings (SSSR count). The van der Waals surface area contributed by atoms with Crippen LogP contribution in [0.5, 0.6) is 0 Å². The first kappa shape index (κ1) is 13.1. The van der Waals surface area contributed by atoms with E-state index in [1.54, 1.807) is 6.33 Å². The number of rotatable bonds is 8. The molecule has 0 saturated heterocycles. The van der Waals surface area contributed by atoms with E-state index in [2.05, 4.69) is 15.5 Å². The number of nitrogens with two attached hydrogens (primary N) is 1. The standard InChI is InChI=1S/C10H21N5O/c1-3-15-10(12-8-13-15)7-9(14-11)5-6-16-4-2/h8-9,14H,3-7,11H2,1-2H3. The zero-order valence-electron chi connectivity index (χ0n) is 10.0. The van der Waals surface area contributed by atoms with Crippen LogP contribution in [0.15, 0.2) is 6.33 Å². The summed E-state index contributed by atoms with van der Waals surface area (Å²) in [6.07, 6.45) is 3.23. The molecule has 0 aliphatic carbocycles. The van der Waals surface area contributed by atoms with Crippen LogP contribution in [-0.2, 0) is 17.7 Å². The van der Waals surface area contributed by atoms with E-state index in [1.165, 1.54) is 0 Å². The normalized spacial score (nSPS) is 12.9. The molecule has 1 aromatic heterocycles. The minimum Gasteiger partial charge on any atom is -0.382 e. The molecule has 0 spiro atoms. The number of aryl methyl sites for hydroxylation is 1. The van der Waals surface area contributed by atoms with Crippen molar-refractivity contribution >= 4 is 0 Å². The molecule has 1 atom stereocenters. The van der Waals surface area contributed by atoms with Gasteiger partial charge in [-0.15, -0.1) is 0 Å². The third kappa shape index (κ3) is 3.88. The smallest absolute Gasteiger partial charge is 0.138 e. The van der Waals surface area contributed by atoms with E-state index in [4.69, 9.17) is 10.6 Å². The second-order valence-electron chi connectivity index (χ2n) is 3.55. The number of hydrazine groups is 1. The van der Waals surface area contributed by atoms with Crippen molar-refractivity contribution in [2.75, 3.05) is 13.2 Å². The van der Waals surface area contributed by atoms with Crippen molar-refractivity contribution in [3.63, 3.8) is 0 Å². The van der Waals surface area contributed by atoms with Crippen LogP contribution in [0.3, 0.4) is 0 Å². The molecule has 0 bridgehead atoms. The van der Waals surface area contributed by atoms with Crippen molar-refractivity contribution < 1.29 is 4.74 Å². The number of nitrogens with zero attached hydrogens (tertiary/aromatic N) is 3. The number of ether oxygens (including phenoxy) is 1. The lowest BCUT2D eigenvalue weighted by atomic mass is 10.1. The maximum absolute atomic E-state index is 5.50. The minimum absolute atomic E-state index is 0.182. The Morgan fingerprint density at radius 3 is 3.00 bits per heavy atom. The van der Waals surface area contributed by atoms with Crippen LogP contribution < -0.4 is 11.3 Å². The lowest BCUT2D eigenvalue weighted by molar-refractivity contribution is 0.136.